The molecule has 0 radical (unpaired) electrons. The van der Waals surface area contributed by atoms with Crippen LogP contribution in [0.3, 0.4) is 0 Å². The maximum absolute atomic E-state index is 8.16. The molecular formula is C15H17N3O. The van der Waals surface area contributed by atoms with Crippen LogP contribution in [-0.2, 0) is 0 Å². The van der Waals surface area contributed by atoms with Crippen LogP contribution in [-0.4, -0.2) is 16.8 Å². The third kappa shape index (κ3) is 3.10. The summed E-state index contributed by atoms with van der Waals surface area (Å²) in [6, 6.07) is 10.9. The molecule has 2 rings (SSSR count). The lowest BCUT2D eigenvalue weighted by Crippen LogP contribution is -2.08. The first kappa shape index (κ1) is 13.1. The van der Waals surface area contributed by atoms with Crippen LogP contribution in [0, 0.1) is 5.41 Å². The Balaban J connectivity index is 2.23. The van der Waals surface area contributed by atoms with Crippen LogP contribution in [0.5, 0.6) is 5.88 Å². The van der Waals surface area contributed by atoms with E-state index in [9.17, 15) is 0 Å². The summed E-state index contributed by atoms with van der Waals surface area (Å²) >= 11 is 0. The fourth-order valence-corrected chi connectivity index (χ4v) is 1.72. The summed E-state index contributed by atoms with van der Waals surface area (Å²) < 4.78 is 5.47. The van der Waals surface area contributed by atoms with Crippen molar-refractivity contribution in [3.8, 4) is 5.88 Å². The van der Waals surface area contributed by atoms with Gasteiger partial charge in [0.2, 0.25) is 5.88 Å². The van der Waals surface area contributed by atoms with Gasteiger partial charge in [0.05, 0.1) is 11.8 Å². The number of aromatic nitrogens is 1. The average molecular weight is 255 g/mol. The number of para-hydroxylation sites is 1. The third-order valence-corrected chi connectivity index (χ3v) is 2.61. The second-order valence-corrected chi connectivity index (χ2v) is 4.51. The number of pyridine rings is 1. The zero-order chi connectivity index (χ0) is 13.8. The molecule has 0 fully saturated rings. The molecule has 1 aromatic heterocycles. The van der Waals surface area contributed by atoms with Gasteiger partial charge in [-0.2, -0.15) is 0 Å². The van der Waals surface area contributed by atoms with Crippen LogP contribution in [0.4, 0.5) is 5.69 Å². The highest BCUT2D eigenvalue weighted by molar-refractivity contribution is 6.13. The number of nitrogens with two attached hydrogens (primary N) is 1. The van der Waals surface area contributed by atoms with Crippen LogP contribution >= 0.6 is 0 Å². The normalized spacial score (nSPS) is 10.5. The van der Waals surface area contributed by atoms with Crippen molar-refractivity contribution in [1.29, 1.82) is 5.41 Å². The molecule has 19 heavy (non-hydrogen) atoms. The van der Waals surface area contributed by atoms with E-state index in [4.69, 9.17) is 15.9 Å². The van der Waals surface area contributed by atoms with Gasteiger partial charge in [0.15, 0.2) is 0 Å². The van der Waals surface area contributed by atoms with Gasteiger partial charge in [0.25, 0.3) is 0 Å². The summed E-state index contributed by atoms with van der Waals surface area (Å²) in [6.45, 7) is 3.89. The quantitative estimate of drug-likeness (QED) is 0.651. The smallest absolute Gasteiger partial charge is 0.213 e. The van der Waals surface area contributed by atoms with E-state index in [0.717, 1.165) is 0 Å². The number of hydrogen-bond acceptors (Lipinski definition) is 4. The van der Waals surface area contributed by atoms with E-state index in [2.05, 4.69) is 4.98 Å². The Morgan fingerprint density at radius 3 is 2.53 bits per heavy atom. The summed E-state index contributed by atoms with van der Waals surface area (Å²) in [7, 11) is 0. The minimum absolute atomic E-state index is 0.0857. The molecule has 1 heterocycles. The number of ether oxygens (including phenoxy) is 1. The zero-order valence-corrected chi connectivity index (χ0v) is 11.1. The molecule has 1 aromatic carbocycles. The Hall–Kier alpha value is -2.36. The van der Waals surface area contributed by atoms with Gasteiger partial charge >= 0.3 is 0 Å². The van der Waals surface area contributed by atoms with Gasteiger partial charge in [-0.1, -0.05) is 18.2 Å². The van der Waals surface area contributed by atoms with Crippen LogP contribution in [0.1, 0.15) is 25.0 Å². The molecule has 0 saturated heterocycles. The molecule has 4 nitrogen and oxygen atoms in total. The van der Waals surface area contributed by atoms with E-state index in [0.29, 0.717) is 28.4 Å². The molecule has 0 aliphatic rings. The molecule has 3 N–H and O–H groups in total. The zero-order valence-electron chi connectivity index (χ0n) is 11.1. The van der Waals surface area contributed by atoms with Gasteiger partial charge in [-0.25, -0.2) is 4.98 Å². The highest BCUT2D eigenvalue weighted by atomic mass is 16.5. The van der Waals surface area contributed by atoms with Crippen molar-refractivity contribution < 1.29 is 4.74 Å². The van der Waals surface area contributed by atoms with E-state index in [1.807, 2.05) is 38.1 Å². The fraction of sp³-hybridized carbons (Fsp3) is 0.200. The maximum Gasteiger partial charge on any atom is 0.213 e. The minimum Gasteiger partial charge on any atom is -0.475 e. The van der Waals surface area contributed by atoms with Gasteiger partial charge in [-0.3, -0.25) is 5.41 Å². The summed E-state index contributed by atoms with van der Waals surface area (Å²) in [4.78, 5) is 4.19. The van der Waals surface area contributed by atoms with E-state index < -0.39 is 0 Å². The highest BCUT2D eigenvalue weighted by Gasteiger charge is 2.08. The Bertz CT molecular complexity index is 576. The van der Waals surface area contributed by atoms with Crippen molar-refractivity contribution in [3.05, 3.63) is 53.7 Å². The van der Waals surface area contributed by atoms with Crippen molar-refractivity contribution in [2.75, 3.05) is 5.73 Å². The molecule has 0 aliphatic heterocycles. The van der Waals surface area contributed by atoms with Crippen molar-refractivity contribution in [2.24, 2.45) is 0 Å². The molecule has 0 spiro atoms. The van der Waals surface area contributed by atoms with Gasteiger partial charge in [-0.15, -0.1) is 0 Å². The highest BCUT2D eigenvalue weighted by Crippen LogP contribution is 2.17. The van der Waals surface area contributed by atoms with Gasteiger partial charge in [0, 0.05) is 29.1 Å². The number of nitrogen functional groups attached to an aromatic ring is 1. The molecule has 0 unspecified atom stereocenters. The molecule has 0 saturated carbocycles. The van der Waals surface area contributed by atoms with Crippen molar-refractivity contribution >= 4 is 11.4 Å². The largest absolute Gasteiger partial charge is 0.475 e. The number of anilines is 1. The summed E-state index contributed by atoms with van der Waals surface area (Å²) in [5.41, 5.74) is 8.25. The second-order valence-electron chi connectivity index (χ2n) is 4.51. The maximum atomic E-state index is 8.16. The van der Waals surface area contributed by atoms with Crippen LogP contribution < -0.4 is 10.5 Å². The number of rotatable bonds is 4. The standard InChI is InChI=1S/C15H17N3O/c1-10(2)19-14-8-7-11(9-18-14)15(17)12-5-3-4-6-13(12)16/h3-10,17H,16H2,1-2H3. The molecule has 0 bridgehead atoms. The predicted molar refractivity (Wildman–Crippen MR) is 76.8 cm³/mol. The monoisotopic (exact) mass is 255 g/mol. The topological polar surface area (TPSA) is 72.0 Å². The Morgan fingerprint density at radius 1 is 1.21 bits per heavy atom. The van der Waals surface area contributed by atoms with E-state index in [-0.39, 0.29) is 6.10 Å². The molecule has 0 amide bonds. The Labute approximate surface area is 112 Å². The lowest BCUT2D eigenvalue weighted by atomic mass is 10.0. The van der Waals surface area contributed by atoms with E-state index >= 15 is 0 Å². The van der Waals surface area contributed by atoms with Gasteiger partial charge in [0.1, 0.15) is 0 Å². The first-order valence-electron chi connectivity index (χ1n) is 6.14. The van der Waals surface area contributed by atoms with E-state index in [1.165, 1.54) is 0 Å². The number of nitrogens with one attached hydrogen (secondary N) is 1. The predicted octanol–water partition coefficient (Wildman–Crippen LogP) is 2.87. The molecule has 2 aromatic rings. The van der Waals surface area contributed by atoms with Crippen molar-refractivity contribution in [2.45, 2.75) is 20.0 Å². The van der Waals surface area contributed by atoms with Gasteiger partial charge < -0.3 is 10.5 Å². The van der Waals surface area contributed by atoms with Gasteiger partial charge in [-0.05, 0) is 26.0 Å². The first-order chi connectivity index (χ1) is 9.08. The first-order valence-corrected chi connectivity index (χ1v) is 6.14. The van der Waals surface area contributed by atoms with E-state index in [1.54, 1.807) is 18.3 Å². The molecule has 98 valence electrons. The Morgan fingerprint density at radius 2 is 1.95 bits per heavy atom. The second kappa shape index (κ2) is 5.52. The van der Waals surface area contributed by atoms with Crippen LogP contribution in [0.2, 0.25) is 0 Å². The minimum atomic E-state index is 0.0857. The lowest BCUT2D eigenvalue weighted by Gasteiger charge is -2.10. The van der Waals surface area contributed by atoms with Crippen molar-refractivity contribution in [3.63, 3.8) is 0 Å². The van der Waals surface area contributed by atoms with Crippen LogP contribution in [0.25, 0.3) is 0 Å². The summed E-state index contributed by atoms with van der Waals surface area (Å²) in [5.74, 6) is 0.563. The molecular weight excluding hydrogens is 238 g/mol. The molecule has 4 heteroatoms. The number of nitrogens with zero attached hydrogens (tertiary/aromatic N) is 1. The SMILES string of the molecule is CC(C)Oc1ccc(C(=N)c2ccccc2N)cn1. The summed E-state index contributed by atoms with van der Waals surface area (Å²) in [5, 5.41) is 8.16. The average Bonchev–Trinajstić information content (AvgIpc) is 2.39. The number of benzene rings is 1. The lowest BCUT2D eigenvalue weighted by molar-refractivity contribution is 0.232. The molecule has 0 aliphatic carbocycles. The fourth-order valence-electron chi connectivity index (χ4n) is 1.72. The van der Waals surface area contributed by atoms with Crippen LogP contribution in [0.15, 0.2) is 42.6 Å². The summed E-state index contributed by atoms with van der Waals surface area (Å²) in [6.07, 6.45) is 1.72. The molecule has 0 atom stereocenters. The third-order valence-electron chi connectivity index (χ3n) is 2.61. The van der Waals surface area contributed by atoms with Crippen molar-refractivity contribution in [1.82, 2.24) is 4.98 Å². The number of hydrogen-bond donors (Lipinski definition) is 2. The Kier molecular flexibility index (Phi) is 3.80.